The number of carbonyl (C=O) groups is 2. The maximum atomic E-state index is 12.2. The largest absolute Gasteiger partial charge is 0.451 e. The van der Waals surface area contributed by atoms with Gasteiger partial charge in [-0.25, -0.2) is 4.79 Å². The van der Waals surface area contributed by atoms with Crippen LogP contribution >= 0.6 is 23.2 Å². The molecule has 27 heavy (non-hydrogen) atoms. The molecule has 9 heteroatoms. The van der Waals surface area contributed by atoms with Gasteiger partial charge in [-0.1, -0.05) is 35.3 Å². The molecule has 1 N–H and O–H groups in total. The Hall–Kier alpha value is -2.77. The molecule has 0 saturated heterocycles. The molecule has 0 saturated carbocycles. The van der Waals surface area contributed by atoms with Gasteiger partial charge < -0.3 is 14.5 Å². The summed E-state index contributed by atoms with van der Waals surface area (Å²) in [7, 11) is 0. The van der Waals surface area contributed by atoms with Crippen LogP contribution in [0.2, 0.25) is 10.0 Å². The third-order valence-electron chi connectivity index (χ3n) is 3.67. The van der Waals surface area contributed by atoms with Crippen molar-refractivity contribution in [1.82, 2.24) is 4.57 Å². The van der Waals surface area contributed by atoms with Crippen molar-refractivity contribution in [3.05, 3.63) is 63.1 Å². The molecule has 1 atom stereocenters. The Morgan fingerprint density at radius 2 is 1.85 bits per heavy atom. The fourth-order valence-electron chi connectivity index (χ4n) is 2.45. The quantitative estimate of drug-likeness (QED) is 0.652. The molecule has 1 aromatic heterocycles. The highest BCUT2D eigenvalue weighted by Gasteiger charge is 2.20. The number of para-hydroxylation sites is 2. The number of rotatable bonds is 5. The number of esters is 1. The van der Waals surface area contributed by atoms with E-state index in [-0.39, 0.29) is 6.54 Å². The van der Waals surface area contributed by atoms with E-state index in [0.29, 0.717) is 26.8 Å². The third kappa shape index (κ3) is 4.50. The molecule has 3 rings (SSSR count). The summed E-state index contributed by atoms with van der Waals surface area (Å²) in [5.41, 5.74) is 1.20. The summed E-state index contributed by atoms with van der Waals surface area (Å²) in [6.45, 7) is 1.03. The highest BCUT2D eigenvalue weighted by molar-refractivity contribution is 6.35. The van der Waals surface area contributed by atoms with Gasteiger partial charge in [-0.2, -0.15) is 0 Å². The van der Waals surface area contributed by atoms with Crippen molar-refractivity contribution in [2.75, 3.05) is 5.32 Å². The van der Waals surface area contributed by atoms with E-state index in [2.05, 4.69) is 5.32 Å². The van der Waals surface area contributed by atoms with Crippen LogP contribution in [0.15, 0.2) is 51.7 Å². The summed E-state index contributed by atoms with van der Waals surface area (Å²) >= 11 is 11.8. The first-order chi connectivity index (χ1) is 12.8. The van der Waals surface area contributed by atoms with Crippen LogP contribution < -0.4 is 11.1 Å². The van der Waals surface area contributed by atoms with E-state index < -0.39 is 23.7 Å². The molecular formula is C18H14Cl2N2O5. The SMILES string of the molecule is C[C@@H](OC(=O)Cn1c(=O)oc2ccccc21)C(=O)Nc1cc(Cl)cc(Cl)c1. The van der Waals surface area contributed by atoms with E-state index in [9.17, 15) is 14.4 Å². The van der Waals surface area contributed by atoms with E-state index in [0.717, 1.165) is 4.57 Å². The van der Waals surface area contributed by atoms with Crippen molar-refractivity contribution in [3.63, 3.8) is 0 Å². The predicted octanol–water partition coefficient (Wildman–Crippen LogP) is 3.47. The fraction of sp³-hybridized carbons (Fsp3) is 0.167. The molecule has 3 aromatic rings. The number of hydrogen-bond acceptors (Lipinski definition) is 5. The summed E-state index contributed by atoms with van der Waals surface area (Å²) in [6.07, 6.45) is -1.09. The van der Waals surface area contributed by atoms with Crippen molar-refractivity contribution in [2.24, 2.45) is 0 Å². The van der Waals surface area contributed by atoms with E-state index in [4.69, 9.17) is 32.4 Å². The van der Waals surface area contributed by atoms with Crippen molar-refractivity contribution in [2.45, 2.75) is 19.6 Å². The Morgan fingerprint density at radius 1 is 1.19 bits per heavy atom. The molecule has 0 aliphatic carbocycles. The van der Waals surface area contributed by atoms with Gasteiger partial charge in [0.15, 0.2) is 11.7 Å². The van der Waals surface area contributed by atoms with Gasteiger partial charge in [0.1, 0.15) is 6.54 Å². The zero-order valence-electron chi connectivity index (χ0n) is 14.1. The lowest BCUT2D eigenvalue weighted by Crippen LogP contribution is -2.32. The molecule has 7 nitrogen and oxygen atoms in total. The summed E-state index contributed by atoms with van der Waals surface area (Å²) in [6, 6.07) is 11.2. The number of aromatic nitrogens is 1. The average Bonchev–Trinajstić information content (AvgIpc) is 2.89. The Balaban J connectivity index is 1.65. The number of benzene rings is 2. The van der Waals surface area contributed by atoms with Crippen LogP contribution in [0.25, 0.3) is 11.1 Å². The zero-order valence-corrected chi connectivity index (χ0v) is 15.6. The minimum Gasteiger partial charge on any atom is -0.451 e. The number of fused-ring (bicyclic) bond motifs is 1. The van der Waals surface area contributed by atoms with Crippen LogP contribution in [-0.2, 0) is 20.9 Å². The molecule has 0 radical (unpaired) electrons. The molecule has 0 aliphatic rings. The average molecular weight is 409 g/mol. The van der Waals surface area contributed by atoms with E-state index in [1.807, 2.05) is 0 Å². The van der Waals surface area contributed by atoms with Gasteiger partial charge in [0.05, 0.1) is 5.52 Å². The fourth-order valence-corrected chi connectivity index (χ4v) is 2.98. The van der Waals surface area contributed by atoms with Gasteiger partial charge in [-0.05, 0) is 37.3 Å². The van der Waals surface area contributed by atoms with Crippen LogP contribution in [0.3, 0.4) is 0 Å². The molecule has 0 unspecified atom stereocenters. The second-order valence-electron chi connectivity index (χ2n) is 5.70. The second kappa shape index (κ2) is 7.85. The van der Waals surface area contributed by atoms with Crippen LogP contribution in [0.4, 0.5) is 5.69 Å². The van der Waals surface area contributed by atoms with E-state index >= 15 is 0 Å². The molecule has 140 valence electrons. The molecule has 0 aliphatic heterocycles. The van der Waals surface area contributed by atoms with Gasteiger partial charge >= 0.3 is 11.7 Å². The summed E-state index contributed by atoms with van der Waals surface area (Å²) in [5.74, 6) is -2.00. The predicted molar refractivity (Wildman–Crippen MR) is 101 cm³/mol. The maximum absolute atomic E-state index is 12.2. The van der Waals surface area contributed by atoms with Crippen LogP contribution in [-0.4, -0.2) is 22.5 Å². The first-order valence-electron chi connectivity index (χ1n) is 7.88. The van der Waals surface area contributed by atoms with Gasteiger partial charge in [0.2, 0.25) is 0 Å². The molecule has 0 bridgehead atoms. The lowest BCUT2D eigenvalue weighted by atomic mass is 10.3. The molecule has 1 heterocycles. The number of nitrogens with one attached hydrogen (secondary N) is 1. The zero-order chi connectivity index (χ0) is 19.6. The van der Waals surface area contributed by atoms with Gasteiger partial charge in [0, 0.05) is 15.7 Å². The second-order valence-corrected chi connectivity index (χ2v) is 6.57. The smallest absolute Gasteiger partial charge is 0.420 e. The number of anilines is 1. The van der Waals surface area contributed by atoms with E-state index in [1.165, 1.54) is 25.1 Å². The first-order valence-corrected chi connectivity index (χ1v) is 8.64. The third-order valence-corrected chi connectivity index (χ3v) is 4.10. The highest BCUT2D eigenvalue weighted by atomic mass is 35.5. The highest BCUT2D eigenvalue weighted by Crippen LogP contribution is 2.22. The Bertz CT molecular complexity index is 1050. The van der Waals surface area contributed by atoms with Crippen LogP contribution in [0.5, 0.6) is 0 Å². The van der Waals surface area contributed by atoms with Gasteiger partial charge in [-0.15, -0.1) is 0 Å². The summed E-state index contributed by atoms with van der Waals surface area (Å²) in [5, 5.41) is 3.27. The number of amides is 1. The van der Waals surface area contributed by atoms with Gasteiger partial charge in [-0.3, -0.25) is 14.2 Å². The Kier molecular flexibility index (Phi) is 5.53. The van der Waals surface area contributed by atoms with Crippen molar-refractivity contribution in [1.29, 1.82) is 0 Å². The maximum Gasteiger partial charge on any atom is 0.420 e. The van der Waals surface area contributed by atoms with Gasteiger partial charge in [0.25, 0.3) is 5.91 Å². The summed E-state index contributed by atoms with van der Waals surface area (Å²) in [4.78, 5) is 36.2. The summed E-state index contributed by atoms with van der Waals surface area (Å²) < 4.78 is 11.3. The molecule has 2 aromatic carbocycles. The van der Waals surface area contributed by atoms with Crippen LogP contribution in [0, 0.1) is 0 Å². The minimum atomic E-state index is -1.09. The number of halogens is 2. The van der Waals surface area contributed by atoms with E-state index in [1.54, 1.807) is 24.3 Å². The molecule has 0 spiro atoms. The number of hydrogen-bond donors (Lipinski definition) is 1. The van der Waals surface area contributed by atoms with Crippen molar-refractivity contribution >= 4 is 51.9 Å². The topological polar surface area (TPSA) is 90.5 Å². The number of oxazole rings is 1. The number of nitrogens with zero attached hydrogens (tertiary/aromatic N) is 1. The lowest BCUT2D eigenvalue weighted by molar-refractivity contribution is -0.153. The monoisotopic (exact) mass is 408 g/mol. The molecule has 1 amide bonds. The standard InChI is InChI=1S/C18H14Cl2N2O5/c1-10(17(24)21-13-7-11(19)6-12(20)8-13)26-16(23)9-22-14-4-2-3-5-15(14)27-18(22)25/h2-8,10H,9H2,1H3,(H,21,24)/t10-/m1/s1. The Morgan fingerprint density at radius 3 is 2.56 bits per heavy atom. The number of ether oxygens (including phenoxy) is 1. The normalized spacial score (nSPS) is 12.0. The molecule has 0 fully saturated rings. The first kappa shape index (κ1) is 19.0. The Labute approximate surface area is 163 Å². The van der Waals surface area contributed by atoms with Crippen molar-refractivity contribution in [3.8, 4) is 0 Å². The lowest BCUT2D eigenvalue weighted by Gasteiger charge is -2.14. The van der Waals surface area contributed by atoms with Crippen LogP contribution in [0.1, 0.15) is 6.92 Å². The van der Waals surface area contributed by atoms with Crippen molar-refractivity contribution < 1.29 is 18.7 Å². The molecular weight excluding hydrogens is 395 g/mol. The number of carbonyl (C=O) groups excluding carboxylic acids is 2. The minimum absolute atomic E-state index is 0.355.